The number of nitrogens with zero attached hydrogens (tertiary/aromatic N) is 1. The molecule has 102 valence electrons. The van der Waals surface area contributed by atoms with Gasteiger partial charge in [-0.05, 0) is 31.0 Å². The minimum atomic E-state index is -0.106. The largest absolute Gasteiger partial charge is 0.376 e. The van der Waals surface area contributed by atoms with Crippen molar-refractivity contribution in [3.8, 4) is 0 Å². The fraction of sp³-hybridized carbons (Fsp3) is 0.429. The third-order valence-corrected chi connectivity index (χ3v) is 3.09. The third-order valence-electron chi connectivity index (χ3n) is 3.09. The topological polar surface area (TPSA) is 61.4 Å². The Morgan fingerprint density at radius 3 is 2.58 bits per heavy atom. The number of hydrogen-bond acceptors (Lipinski definition) is 3. The molecule has 0 bridgehead atoms. The summed E-state index contributed by atoms with van der Waals surface area (Å²) in [5.74, 6) is 0.0210. The first-order valence-electron chi connectivity index (χ1n) is 6.54. The zero-order valence-electron chi connectivity index (χ0n) is 11.1. The van der Waals surface area contributed by atoms with Gasteiger partial charge in [0.15, 0.2) is 0 Å². The number of rotatable bonds is 4. The fourth-order valence-electron chi connectivity index (χ4n) is 2.17. The number of benzene rings is 1. The van der Waals surface area contributed by atoms with E-state index in [4.69, 9.17) is 0 Å². The minimum absolute atomic E-state index is 0.106. The number of anilines is 2. The van der Waals surface area contributed by atoms with Crippen molar-refractivity contribution >= 4 is 23.2 Å². The van der Waals surface area contributed by atoms with Gasteiger partial charge in [0.1, 0.15) is 0 Å². The van der Waals surface area contributed by atoms with E-state index in [1.807, 2.05) is 29.2 Å². The van der Waals surface area contributed by atoms with Crippen molar-refractivity contribution in [2.75, 3.05) is 30.3 Å². The molecule has 19 heavy (non-hydrogen) atoms. The normalized spacial score (nSPS) is 14.3. The average molecular weight is 261 g/mol. The van der Waals surface area contributed by atoms with Gasteiger partial charge in [-0.15, -0.1) is 0 Å². The van der Waals surface area contributed by atoms with Gasteiger partial charge in [0.05, 0.1) is 6.54 Å². The first-order valence-corrected chi connectivity index (χ1v) is 6.54. The second-order valence-electron chi connectivity index (χ2n) is 4.70. The van der Waals surface area contributed by atoms with E-state index < -0.39 is 0 Å². The lowest BCUT2D eigenvalue weighted by atomic mass is 10.2. The Kier molecular flexibility index (Phi) is 4.39. The molecule has 1 aromatic rings. The van der Waals surface area contributed by atoms with Crippen LogP contribution in [0.2, 0.25) is 0 Å². The maximum absolute atomic E-state index is 11.9. The molecule has 0 saturated carbocycles. The molecule has 1 fully saturated rings. The van der Waals surface area contributed by atoms with Crippen molar-refractivity contribution in [2.45, 2.75) is 19.8 Å². The van der Waals surface area contributed by atoms with Crippen molar-refractivity contribution in [3.05, 3.63) is 24.3 Å². The first-order chi connectivity index (χ1) is 9.15. The van der Waals surface area contributed by atoms with E-state index in [0.717, 1.165) is 37.3 Å². The Balaban J connectivity index is 1.88. The van der Waals surface area contributed by atoms with Gasteiger partial charge >= 0.3 is 0 Å². The van der Waals surface area contributed by atoms with Crippen molar-refractivity contribution in [1.29, 1.82) is 0 Å². The molecule has 0 unspecified atom stereocenters. The SMILES string of the molecule is CC(=O)Nc1cccc(NCC(=O)N2CCCC2)c1. The highest BCUT2D eigenvalue weighted by Gasteiger charge is 2.17. The molecule has 1 saturated heterocycles. The van der Waals surface area contributed by atoms with Crippen molar-refractivity contribution in [1.82, 2.24) is 4.90 Å². The molecule has 1 heterocycles. The Bertz CT molecular complexity index is 468. The fourth-order valence-corrected chi connectivity index (χ4v) is 2.17. The summed E-state index contributed by atoms with van der Waals surface area (Å²) in [6, 6.07) is 7.35. The van der Waals surface area contributed by atoms with Gasteiger partial charge in [0, 0.05) is 31.4 Å². The van der Waals surface area contributed by atoms with Gasteiger partial charge in [-0.1, -0.05) is 6.07 Å². The van der Waals surface area contributed by atoms with E-state index in [-0.39, 0.29) is 11.8 Å². The van der Waals surface area contributed by atoms with Crippen LogP contribution < -0.4 is 10.6 Å². The molecule has 0 aromatic heterocycles. The van der Waals surface area contributed by atoms with Crippen LogP contribution in [0.15, 0.2) is 24.3 Å². The minimum Gasteiger partial charge on any atom is -0.376 e. The molecule has 5 nitrogen and oxygen atoms in total. The van der Waals surface area contributed by atoms with Gasteiger partial charge in [0.25, 0.3) is 0 Å². The van der Waals surface area contributed by atoms with Crippen LogP contribution in [0.5, 0.6) is 0 Å². The Morgan fingerprint density at radius 2 is 1.89 bits per heavy atom. The van der Waals surface area contributed by atoms with Crippen LogP contribution in [-0.4, -0.2) is 36.3 Å². The van der Waals surface area contributed by atoms with Crippen LogP contribution in [0.3, 0.4) is 0 Å². The van der Waals surface area contributed by atoms with Crippen molar-refractivity contribution in [2.24, 2.45) is 0 Å². The number of carbonyl (C=O) groups is 2. The molecule has 1 aliphatic rings. The lowest BCUT2D eigenvalue weighted by Gasteiger charge is -2.16. The number of carbonyl (C=O) groups excluding carboxylic acids is 2. The summed E-state index contributed by atoms with van der Waals surface area (Å²) in [5, 5.41) is 5.81. The zero-order valence-corrected chi connectivity index (χ0v) is 11.1. The first kappa shape index (κ1) is 13.4. The smallest absolute Gasteiger partial charge is 0.241 e. The lowest BCUT2D eigenvalue weighted by molar-refractivity contribution is -0.128. The Hall–Kier alpha value is -2.04. The summed E-state index contributed by atoms with van der Waals surface area (Å²) in [5.41, 5.74) is 1.56. The molecule has 2 N–H and O–H groups in total. The van der Waals surface area contributed by atoms with Gasteiger partial charge < -0.3 is 15.5 Å². The van der Waals surface area contributed by atoms with Crippen LogP contribution in [0, 0.1) is 0 Å². The maximum atomic E-state index is 11.9. The van der Waals surface area contributed by atoms with E-state index in [9.17, 15) is 9.59 Å². The summed E-state index contributed by atoms with van der Waals surface area (Å²) >= 11 is 0. The van der Waals surface area contributed by atoms with Gasteiger partial charge in [-0.3, -0.25) is 9.59 Å². The van der Waals surface area contributed by atoms with E-state index >= 15 is 0 Å². The summed E-state index contributed by atoms with van der Waals surface area (Å²) in [6.07, 6.45) is 2.20. The highest BCUT2D eigenvalue weighted by atomic mass is 16.2. The predicted octanol–water partition coefficient (Wildman–Crippen LogP) is 1.68. The summed E-state index contributed by atoms with van der Waals surface area (Å²) < 4.78 is 0. The maximum Gasteiger partial charge on any atom is 0.241 e. The lowest BCUT2D eigenvalue weighted by Crippen LogP contribution is -2.32. The molecule has 1 aliphatic heterocycles. The number of amides is 2. The van der Waals surface area contributed by atoms with Crippen molar-refractivity contribution < 1.29 is 9.59 Å². The van der Waals surface area contributed by atoms with Crippen LogP contribution in [0.1, 0.15) is 19.8 Å². The number of hydrogen-bond donors (Lipinski definition) is 2. The third kappa shape index (κ3) is 3.98. The molecule has 2 amide bonds. The molecule has 0 atom stereocenters. The summed E-state index contributed by atoms with van der Waals surface area (Å²) in [6.45, 7) is 3.50. The Labute approximate surface area is 113 Å². The van der Waals surface area contributed by atoms with Crippen molar-refractivity contribution in [3.63, 3.8) is 0 Å². The van der Waals surface area contributed by atoms with E-state index in [2.05, 4.69) is 10.6 Å². The van der Waals surface area contributed by atoms with Crippen LogP contribution in [0.4, 0.5) is 11.4 Å². The number of likely N-dealkylation sites (tertiary alicyclic amines) is 1. The predicted molar refractivity (Wildman–Crippen MR) is 75.0 cm³/mol. The quantitative estimate of drug-likeness (QED) is 0.867. The highest BCUT2D eigenvalue weighted by Crippen LogP contribution is 2.15. The van der Waals surface area contributed by atoms with Gasteiger partial charge in [-0.25, -0.2) is 0 Å². The molecule has 2 rings (SSSR count). The molecule has 1 aromatic carbocycles. The van der Waals surface area contributed by atoms with Crippen LogP contribution in [0.25, 0.3) is 0 Å². The molecular formula is C14H19N3O2. The molecule has 0 spiro atoms. The molecule has 0 radical (unpaired) electrons. The second kappa shape index (κ2) is 6.22. The number of nitrogens with one attached hydrogen (secondary N) is 2. The van der Waals surface area contributed by atoms with Gasteiger partial charge in [0.2, 0.25) is 11.8 Å². The van der Waals surface area contributed by atoms with Crippen LogP contribution in [-0.2, 0) is 9.59 Å². The van der Waals surface area contributed by atoms with E-state index in [1.165, 1.54) is 6.92 Å². The van der Waals surface area contributed by atoms with E-state index in [1.54, 1.807) is 0 Å². The molecule has 0 aliphatic carbocycles. The van der Waals surface area contributed by atoms with E-state index in [0.29, 0.717) is 6.54 Å². The highest BCUT2D eigenvalue weighted by molar-refractivity contribution is 5.89. The Morgan fingerprint density at radius 1 is 1.21 bits per heavy atom. The standard InChI is InChI=1S/C14H19N3O2/c1-11(18)16-13-6-4-5-12(9-13)15-10-14(19)17-7-2-3-8-17/h4-6,9,15H,2-3,7-8,10H2,1H3,(H,16,18). The monoisotopic (exact) mass is 261 g/mol. The second-order valence-corrected chi connectivity index (χ2v) is 4.70. The summed E-state index contributed by atoms with van der Waals surface area (Å²) in [7, 11) is 0. The van der Waals surface area contributed by atoms with Crippen LogP contribution >= 0.6 is 0 Å². The zero-order chi connectivity index (χ0) is 13.7. The average Bonchev–Trinajstić information content (AvgIpc) is 2.89. The van der Waals surface area contributed by atoms with Gasteiger partial charge in [-0.2, -0.15) is 0 Å². The molecular weight excluding hydrogens is 242 g/mol. The molecule has 5 heteroatoms. The summed E-state index contributed by atoms with van der Waals surface area (Å²) in [4.78, 5) is 24.7.